The fraction of sp³-hybridized carbons (Fsp3) is 0.625. The average Bonchev–Trinajstić information content (AvgIpc) is 2.53. The van der Waals surface area contributed by atoms with E-state index in [0.29, 0.717) is 12.2 Å². The molecule has 80 valence electrons. The number of hydrogen-bond donors (Lipinski definition) is 1. The Balaban J connectivity index is 2.28. The van der Waals surface area contributed by atoms with Crippen molar-refractivity contribution in [3.8, 4) is 0 Å². The quantitative estimate of drug-likeness (QED) is 0.794. The van der Waals surface area contributed by atoms with Crippen LogP contribution in [0, 0.1) is 0 Å². The molecule has 0 aliphatic rings. The van der Waals surface area contributed by atoms with Gasteiger partial charge in [-0.05, 0) is 7.05 Å². The Hall–Kier alpha value is -0.590. The molecule has 1 aromatic rings. The summed E-state index contributed by atoms with van der Waals surface area (Å²) in [4.78, 5) is 4.18. The minimum atomic E-state index is -2.41. The molecule has 1 N–H and O–H groups in total. The molecular weight excluding hydrogens is 210 g/mol. The van der Waals surface area contributed by atoms with Gasteiger partial charge in [-0.1, -0.05) is 0 Å². The highest BCUT2D eigenvalue weighted by atomic mass is 32.1. The zero-order chi connectivity index (χ0) is 10.4. The van der Waals surface area contributed by atoms with E-state index in [1.54, 1.807) is 0 Å². The normalized spacial score (nSPS) is 11.1. The van der Waals surface area contributed by atoms with Crippen LogP contribution in [0.5, 0.6) is 0 Å². The Bertz CT molecular complexity index is 268. The van der Waals surface area contributed by atoms with E-state index in [1.807, 2.05) is 12.4 Å². The van der Waals surface area contributed by atoms with Crippen molar-refractivity contribution in [2.75, 3.05) is 13.7 Å². The van der Waals surface area contributed by atoms with Crippen LogP contribution < -0.4 is 5.32 Å². The fourth-order valence-corrected chi connectivity index (χ4v) is 1.69. The molecule has 0 fully saturated rings. The molecule has 0 unspecified atom stereocenters. The van der Waals surface area contributed by atoms with Gasteiger partial charge in [-0.2, -0.15) is 0 Å². The lowest BCUT2D eigenvalue weighted by Gasteiger charge is -1.99. The second-order valence-corrected chi connectivity index (χ2v) is 3.61. The Labute approximate surface area is 85.1 Å². The van der Waals surface area contributed by atoms with Crippen LogP contribution in [0.3, 0.4) is 0 Å². The number of nitrogens with zero attached hydrogens (tertiary/aromatic N) is 1. The van der Waals surface area contributed by atoms with E-state index in [4.69, 9.17) is 4.74 Å². The first-order chi connectivity index (χ1) is 6.72. The molecule has 1 heterocycles. The van der Waals surface area contributed by atoms with Gasteiger partial charge in [0.1, 0.15) is 11.6 Å². The number of rotatable bonds is 6. The molecule has 0 aliphatic heterocycles. The average molecular weight is 222 g/mol. The van der Waals surface area contributed by atoms with Crippen molar-refractivity contribution in [2.24, 2.45) is 0 Å². The Morgan fingerprint density at radius 3 is 3.07 bits per heavy atom. The van der Waals surface area contributed by atoms with Gasteiger partial charge in [0, 0.05) is 11.9 Å². The van der Waals surface area contributed by atoms with Crippen LogP contribution in [-0.2, 0) is 17.9 Å². The molecule has 1 aromatic heterocycles. The fourth-order valence-electron chi connectivity index (χ4n) is 0.900. The predicted octanol–water partition coefficient (Wildman–Crippen LogP) is 1.64. The van der Waals surface area contributed by atoms with E-state index in [1.165, 1.54) is 11.3 Å². The highest BCUT2D eigenvalue weighted by Crippen LogP contribution is 2.10. The lowest BCUT2D eigenvalue weighted by atomic mass is 10.5. The van der Waals surface area contributed by atoms with Crippen LogP contribution in [0.2, 0.25) is 0 Å². The van der Waals surface area contributed by atoms with E-state index >= 15 is 0 Å². The minimum Gasteiger partial charge on any atom is -0.369 e. The third-order valence-corrected chi connectivity index (χ3v) is 2.32. The maximum atomic E-state index is 11.7. The molecule has 0 aromatic carbocycles. The number of hydrogen-bond acceptors (Lipinski definition) is 4. The summed E-state index contributed by atoms with van der Waals surface area (Å²) in [6.07, 6.45) is -2.41. The van der Waals surface area contributed by atoms with Gasteiger partial charge < -0.3 is 10.1 Å². The van der Waals surface area contributed by atoms with Crippen molar-refractivity contribution in [3.05, 3.63) is 16.1 Å². The van der Waals surface area contributed by atoms with Crippen LogP contribution in [0.4, 0.5) is 8.78 Å². The molecule has 1 rings (SSSR count). The highest BCUT2D eigenvalue weighted by Gasteiger charge is 2.04. The maximum absolute atomic E-state index is 11.7. The van der Waals surface area contributed by atoms with Gasteiger partial charge in [-0.25, -0.2) is 13.8 Å². The minimum absolute atomic E-state index is 0.157. The van der Waals surface area contributed by atoms with Crippen LogP contribution >= 0.6 is 11.3 Å². The second-order valence-electron chi connectivity index (χ2n) is 2.67. The molecule has 0 amide bonds. The smallest absolute Gasteiger partial charge is 0.261 e. The molecular formula is C8H12F2N2OS. The number of halogens is 2. The summed E-state index contributed by atoms with van der Waals surface area (Å²) >= 11 is 1.49. The number of alkyl halides is 2. The van der Waals surface area contributed by atoms with E-state index in [-0.39, 0.29) is 6.61 Å². The van der Waals surface area contributed by atoms with Crippen molar-refractivity contribution in [3.63, 3.8) is 0 Å². The maximum Gasteiger partial charge on any atom is 0.261 e. The first kappa shape index (κ1) is 11.5. The molecule has 0 saturated carbocycles. The van der Waals surface area contributed by atoms with Gasteiger partial charge in [-0.3, -0.25) is 0 Å². The number of ether oxygens (including phenoxy) is 1. The Kier molecular flexibility index (Phi) is 4.92. The third kappa shape index (κ3) is 4.08. The standard InChI is InChI=1S/C8H12F2N2OS/c1-11-2-8-12-6(5-14-8)3-13-4-7(9)10/h5,7,11H,2-4H2,1H3. The Morgan fingerprint density at radius 1 is 1.64 bits per heavy atom. The number of thiazole rings is 1. The number of aromatic nitrogens is 1. The van der Waals surface area contributed by atoms with Gasteiger partial charge in [-0.15, -0.1) is 11.3 Å². The SMILES string of the molecule is CNCc1nc(COCC(F)F)cs1. The lowest BCUT2D eigenvalue weighted by Crippen LogP contribution is -2.06. The first-order valence-electron chi connectivity index (χ1n) is 4.16. The summed E-state index contributed by atoms with van der Waals surface area (Å²) in [5.74, 6) is 0. The van der Waals surface area contributed by atoms with Crippen LogP contribution in [-0.4, -0.2) is 25.1 Å². The zero-order valence-electron chi connectivity index (χ0n) is 7.80. The summed E-state index contributed by atoms with van der Waals surface area (Å²) in [5, 5.41) is 5.71. The van der Waals surface area contributed by atoms with E-state index in [0.717, 1.165) is 5.01 Å². The van der Waals surface area contributed by atoms with E-state index in [9.17, 15) is 8.78 Å². The van der Waals surface area contributed by atoms with Crippen molar-refractivity contribution in [1.82, 2.24) is 10.3 Å². The predicted molar refractivity (Wildman–Crippen MR) is 50.5 cm³/mol. The molecule has 0 radical (unpaired) electrons. The van der Waals surface area contributed by atoms with Crippen molar-refractivity contribution in [1.29, 1.82) is 0 Å². The molecule has 3 nitrogen and oxygen atoms in total. The van der Waals surface area contributed by atoms with Gasteiger partial charge >= 0.3 is 0 Å². The van der Waals surface area contributed by atoms with E-state index in [2.05, 4.69) is 10.3 Å². The van der Waals surface area contributed by atoms with Crippen molar-refractivity contribution >= 4 is 11.3 Å². The van der Waals surface area contributed by atoms with Crippen LogP contribution in [0.25, 0.3) is 0 Å². The van der Waals surface area contributed by atoms with Crippen LogP contribution in [0.1, 0.15) is 10.7 Å². The topological polar surface area (TPSA) is 34.2 Å². The van der Waals surface area contributed by atoms with Gasteiger partial charge in [0.05, 0.1) is 12.3 Å². The van der Waals surface area contributed by atoms with E-state index < -0.39 is 13.0 Å². The third-order valence-electron chi connectivity index (χ3n) is 1.42. The molecule has 0 saturated heterocycles. The van der Waals surface area contributed by atoms with Gasteiger partial charge in [0.25, 0.3) is 6.43 Å². The summed E-state index contributed by atoms with van der Waals surface area (Å²) in [6, 6.07) is 0. The van der Waals surface area contributed by atoms with Gasteiger partial charge in [0.2, 0.25) is 0 Å². The second kappa shape index (κ2) is 6.00. The summed E-state index contributed by atoms with van der Waals surface area (Å²) in [7, 11) is 1.83. The molecule has 0 aliphatic carbocycles. The molecule has 6 heteroatoms. The molecule has 0 spiro atoms. The highest BCUT2D eigenvalue weighted by molar-refractivity contribution is 7.09. The zero-order valence-corrected chi connectivity index (χ0v) is 8.61. The first-order valence-corrected chi connectivity index (χ1v) is 5.04. The monoisotopic (exact) mass is 222 g/mol. The largest absolute Gasteiger partial charge is 0.369 e. The summed E-state index contributed by atoms with van der Waals surface area (Å²) < 4.78 is 28.2. The molecule has 14 heavy (non-hydrogen) atoms. The number of nitrogens with one attached hydrogen (secondary N) is 1. The summed E-state index contributed by atoms with van der Waals surface area (Å²) in [6.45, 7) is 0.322. The van der Waals surface area contributed by atoms with Crippen molar-refractivity contribution in [2.45, 2.75) is 19.6 Å². The molecule has 0 atom stereocenters. The summed E-state index contributed by atoms with van der Waals surface area (Å²) in [5.41, 5.74) is 0.709. The molecule has 0 bridgehead atoms. The Morgan fingerprint density at radius 2 is 2.43 bits per heavy atom. The lowest BCUT2D eigenvalue weighted by molar-refractivity contribution is 0.00895. The van der Waals surface area contributed by atoms with Crippen molar-refractivity contribution < 1.29 is 13.5 Å². The van der Waals surface area contributed by atoms with Gasteiger partial charge in [0.15, 0.2) is 0 Å². The van der Waals surface area contributed by atoms with Crippen LogP contribution in [0.15, 0.2) is 5.38 Å².